The number of para-hydroxylation sites is 1. The number of aryl methyl sites for hydroxylation is 1. The van der Waals surface area contributed by atoms with Crippen molar-refractivity contribution in [2.75, 3.05) is 0 Å². The van der Waals surface area contributed by atoms with Crippen molar-refractivity contribution in [1.82, 2.24) is 4.98 Å². The summed E-state index contributed by atoms with van der Waals surface area (Å²) in [6.45, 7) is 4.44. The number of aromatic nitrogens is 1. The molecule has 0 aliphatic rings. The molecule has 3 heteroatoms. The molecule has 0 saturated heterocycles. The Labute approximate surface area is 262 Å². The summed E-state index contributed by atoms with van der Waals surface area (Å²) >= 11 is 1.76. The first kappa shape index (κ1) is 27.9. The van der Waals surface area contributed by atoms with Crippen LogP contribution in [-0.4, -0.2) is 4.98 Å². The zero-order valence-corrected chi connectivity index (χ0v) is 25.6. The summed E-state index contributed by atoms with van der Waals surface area (Å²) in [6, 6.07) is 50.0. The second-order valence-electron chi connectivity index (χ2n) is 11.5. The van der Waals surface area contributed by atoms with Crippen molar-refractivity contribution in [3.05, 3.63) is 184 Å². The summed E-state index contributed by atoms with van der Waals surface area (Å²) in [5, 5.41) is 1.13. The molecule has 44 heavy (non-hydrogen) atoms. The summed E-state index contributed by atoms with van der Waals surface area (Å²) in [7, 11) is 0. The molecule has 1 atom stereocenters. The molecule has 0 amide bonds. The number of hydrogen-bond donors (Lipinski definition) is 0. The molecule has 1 aromatic heterocycles. The zero-order chi connectivity index (χ0) is 30.1. The molecule has 7 aromatic rings. The lowest BCUT2D eigenvalue weighted by Gasteiger charge is -2.34. The largest absolute Gasteiger partial charge is 0.241 e. The highest BCUT2D eigenvalue weighted by Crippen LogP contribution is 2.46. The van der Waals surface area contributed by atoms with Crippen LogP contribution in [-0.2, 0) is 11.8 Å². The van der Waals surface area contributed by atoms with Crippen LogP contribution < -0.4 is 0 Å². The number of benzene rings is 6. The quantitative estimate of drug-likeness (QED) is 0.169. The van der Waals surface area contributed by atoms with Gasteiger partial charge in [0.2, 0.25) is 0 Å². The fourth-order valence-corrected chi connectivity index (χ4v) is 7.41. The molecular formula is C41H32FNS. The van der Waals surface area contributed by atoms with Gasteiger partial charge in [-0.05, 0) is 88.2 Å². The molecule has 1 nitrogen and oxygen atoms in total. The van der Waals surface area contributed by atoms with Crippen molar-refractivity contribution >= 4 is 21.6 Å². The molecule has 0 spiro atoms. The van der Waals surface area contributed by atoms with E-state index in [2.05, 4.69) is 123 Å². The predicted octanol–water partition coefficient (Wildman–Crippen LogP) is 11.0. The molecule has 1 unspecified atom stereocenters. The van der Waals surface area contributed by atoms with Crippen molar-refractivity contribution in [2.24, 2.45) is 0 Å². The third-order valence-corrected chi connectivity index (χ3v) is 9.78. The third kappa shape index (κ3) is 5.14. The van der Waals surface area contributed by atoms with Gasteiger partial charge in [-0.1, -0.05) is 121 Å². The first-order valence-corrected chi connectivity index (χ1v) is 15.8. The summed E-state index contributed by atoms with van der Waals surface area (Å²) in [4.78, 5) is 4.84. The van der Waals surface area contributed by atoms with Crippen LogP contribution in [0.5, 0.6) is 0 Å². The molecule has 0 radical (unpaired) electrons. The fraction of sp³-hybridized carbons (Fsp3) is 0.0976. The summed E-state index contributed by atoms with van der Waals surface area (Å²) in [6.07, 6.45) is 0.816. The van der Waals surface area contributed by atoms with Crippen molar-refractivity contribution in [2.45, 2.75) is 25.7 Å². The summed E-state index contributed by atoms with van der Waals surface area (Å²) in [5.41, 5.74) is 11.2. The van der Waals surface area contributed by atoms with E-state index in [0.717, 1.165) is 28.1 Å². The second kappa shape index (κ2) is 11.7. The van der Waals surface area contributed by atoms with Gasteiger partial charge in [-0.3, -0.25) is 0 Å². The smallest absolute Gasteiger partial charge is 0.123 e. The van der Waals surface area contributed by atoms with Crippen LogP contribution in [0.4, 0.5) is 4.39 Å². The van der Waals surface area contributed by atoms with E-state index in [1.165, 1.54) is 43.6 Å². The van der Waals surface area contributed by atoms with Gasteiger partial charge in [0.1, 0.15) is 5.82 Å². The third-order valence-electron chi connectivity index (χ3n) is 8.74. The Morgan fingerprint density at radius 3 is 2.07 bits per heavy atom. The Kier molecular flexibility index (Phi) is 7.41. The number of fused-ring (bicyclic) bond motifs is 1. The minimum Gasteiger partial charge on any atom is -0.241 e. The van der Waals surface area contributed by atoms with E-state index in [1.807, 2.05) is 24.3 Å². The van der Waals surface area contributed by atoms with Crippen LogP contribution in [0.1, 0.15) is 39.7 Å². The van der Waals surface area contributed by atoms with Crippen LogP contribution >= 0.6 is 11.3 Å². The molecule has 214 valence electrons. The summed E-state index contributed by atoms with van der Waals surface area (Å²) < 4.78 is 15.3. The van der Waals surface area contributed by atoms with Gasteiger partial charge in [0.15, 0.2) is 0 Å². The van der Waals surface area contributed by atoms with Crippen molar-refractivity contribution in [3.63, 3.8) is 0 Å². The van der Waals surface area contributed by atoms with E-state index >= 15 is 0 Å². The molecule has 6 aromatic carbocycles. The van der Waals surface area contributed by atoms with E-state index in [1.54, 1.807) is 23.5 Å². The standard InChI is InChI=1S/C41H32FNS/c1-28-11-10-15-34(30-21-19-29(20-22-30)27-39-43-37-17-8-9-18-38(37)44-39)40(28)35-14-6-7-16-36(35)41(2,31-12-4-3-5-13-31)32-23-25-33(42)26-24-32/h3-26H,27H2,1-2H3. The Balaban J connectivity index is 1.33. The van der Waals surface area contributed by atoms with Crippen LogP contribution in [0.15, 0.2) is 146 Å². The van der Waals surface area contributed by atoms with Crippen LogP contribution in [0.2, 0.25) is 0 Å². The molecular weight excluding hydrogens is 558 g/mol. The maximum atomic E-state index is 14.1. The first-order chi connectivity index (χ1) is 21.5. The van der Waals surface area contributed by atoms with Crippen molar-refractivity contribution in [3.8, 4) is 22.3 Å². The van der Waals surface area contributed by atoms with Crippen molar-refractivity contribution < 1.29 is 4.39 Å². The average Bonchev–Trinajstić information content (AvgIpc) is 3.48. The monoisotopic (exact) mass is 589 g/mol. The molecule has 0 saturated carbocycles. The number of thiazole rings is 1. The summed E-state index contributed by atoms with van der Waals surface area (Å²) in [5.74, 6) is -0.231. The van der Waals surface area contributed by atoms with E-state index in [0.29, 0.717) is 0 Å². The molecule has 0 aliphatic carbocycles. The minimum atomic E-state index is -0.508. The van der Waals surface area contributed by atoms with Crippen LogP contribution in [0.3, 0.4) is 0 Å². The molecule has 0 fully saturated rings. The molecule has 1 heterocycles. The van der Waals surface area contributed by atoms with Gasteiger partial charge >= 0.3 is 0 Å². The number of nitrogens with zero attached hydrogens (tertiary/aromatic N) is 1. The van der Waals surface area contributed by atoms with Gasteiger partial charge in [0, 0.05) is 11.8 Å². The molecule has 0 bridgehead atoms. The second-order valence-corrected chi connectivity index (χ2v) is 12.6. The van der Waals surface area contributed by atoms with Crippen LogP contribution in [0.25, 0.3) is 32.5 Å². The topological polar surface area (TPSA) is 12.9 Å². The highest BCUT2D eigenvalue weighted by molar-refractivity contribution is 7.18. The minimum absolute atomic E-state index is 0.231. The van der Waals surface area contributed by atoms with Gasteiger partial charge < -0.3 is 0 Å². The van der Waals surface area contributed by atoms with E-state index in [-0.39, 0.29) is 5.82 Å². The molecule has 7 rings (SSSR count). The first-order valence-electron chi connectivity index (χ1n) is 15.0. The lowest BCUT2D eigenvalue weighted by atomic mass is 9.68. The Morgan fingerprint density at radius 2 is 1.30 bits per heavy atom. The normalized spacial score (nSPS) is 12.7. The van der Waals surface area contributed by atoms with Gasteiger partial charge in [0.25, 0.3) is 0 Å². The lowest BCUT2D eigenvalue weighted by Crippen LogP contribution is -2.26. The van der Waals surface area contributed by atoms with E-state index in [9.17, 15) is 4.39 Å². The fourth-order valence-electron chi connectivity index (χ4n) is 6.41. The Hall–Kier alpha value is -4.86. The molecule has 0 aliphatic heterocycles. The van der Waals surface area contributed by atoms with Crippen LogP contribution in [0, 0.1) is 12.7 Å². The van der Waals surface area contributed by atoms with Gasteiger partial charge in [0.05, 0.1) is 15.2 Å². The molecule has 0 N–H and O–H groups in total. The SMILES string of the molecule is Cc1cccc(-c2ccc(Cc3nc4ccccc4s3)cc2)c1-c1ccccc1C(C)(c1ccccc1)c1ccc(F)cc1. The Bertz CT molecular complexity index is 2030. The van der Waals surface area contributed by atoms with Crippen molar-refractivity contribution in [1.29, 1.82) is 0 Å². The van der Waals surface area contributed by atoms with E-state index in [4.69, 9.17) is 4.98 Å². The Morgan fingerprint density at radius 1 is 0.636 bits per heavy atom. The number of hydrogen-bond acceptors (Lipinski definition) is 2. The van der Waals surface area contributed by atoms with Gasteiger partial charge in [-0.25, -0.2) is 9.37 Å². The maximum absolute atomic E-state index is 14.1. The van der Waals surface area contributed by atoms with E-state index < -0.39 is 5.41 Å². The zero-order valence-electron chi connectivity index (χ0n) is 24.8. The maximum Gasteiger partial charge on any atom is 0.123 e. The van der Waals surface area contributed by atoms with Gasteiger partial charge in [-0.2, -0.15) is 0 Å². The average molecular weight is 590 g/mol. The van der Waals surface area contributed by atoms with Gasteiger partial charge in [-0.15, -0.1) is 11.3 Å². The highest BCUT2D eigenvalue weighted by atomic mass is 32.1. The predicted molar refractivity (Wildman–Crippen MR) is 183 cm³/mol. The lowest BCUT2D eigenvalue weighted by molar-refractivity contribution is 0.622. The number of rotatable bonds is 7. The number of halogens is 1. The highest BCUT2D eigenvalue weighted by Gasteiger charge is 2.34.